The Morgan fingerprint density at radius 2 is 1.68 bits per heavy atom. The Balaban J connectivity index is 0.00000133. The van der Waals surface area contributed by atoms with Crippen LogP contribution < -0.4 is 10.5 Å². The summed E-state index contributed by atoms with van der Waals surface area (Å²) in [5.74, 6) is 0.882. The van der Waals surface area contributed by atoms with E-state index in [0.29, 0.717) is 0 Å². The fraction of sp³-hybridized carbons (Fsp3) is 0.250. The molecule has 2 aromatic rings. The highest BCUT2D eigenvalue weighted by Crippen LogP contribution is 2.43. The second-order valence-corrected chi connectivity index (χ2v) is 4.97. The van der Waals surface area contributed by atoms with Gasteiger partial charge >= 0.3 is 0 Å². The molecule has 3 rings (SSSR count). The first-order valence-corrected chi connectivity index (χ1v) is 6.25. The minimum absolute atomic E-state index is 0. The number of rotatable bonds is 3. The van der Waals surface area contributed by atoms with Gasteiger partial charge in [0.15, 0.2) is 0 Å². The van der Waals surface area contributed by atoms with E-state index in [4.69, 9.17) is 10.5 Å². The van der Waals surface area contributed by atoms with Gasteiger partial charge in [-0.15, -0.1) is 12.4 Å². The third-order valence-electron chi connectivity index (χ3n) is 3.65. The van der Waals surface area contributed by atoms with Gasteiger partial charge in [0.2, 0.25) is 0 Å². The summed E-state index contributed by atoms with van der Waals surface area (Å²) < 4.78 is 5.17. The maximum Gasteiger partial charge on any atom is 0.118 e. The summed E-state index contributed by atoms with van der Waals surface area (Å²) in [6, 6.07) is 16.7. The monoisotopic (exact) mass is 275 g/mol. The molecule has 2 aromatic carbocycles. The first-order chi connectivity index (χ1) is 8.71. The van der Waals surface area contributed by atoms with E-state index in [2.05, 4.69) is 36.4 Å². The van der Waals surface area contributed by atoms with Gasteiger partial charge in [-0.3, -0.25) is 0 Å². The van der Waals surface area contributed by atoms with Crippen LogP contribution in [0.5, 0.6) is 5.75 Å². The molecule has 3 heteroatoms. The average molecular weight is 276 g/mol. The van der Waals surface area contributed by atoms with Crippen LogP contribution >= 0.6 is 12.4 Å². The lowest BCUT2D eigenvalue weighted by molar-refractivity contribution is 0.415. The van der Waals surface area contributed by atoms with Crippen molar-refractivity contribution in [1.29, 1.82) is 0 Å². The molecule has 2 nitrogen and oxygen atoms in total. The molecule has 0 saturated heterocycles. The van der Waals surface area contributed by atoms with Crippen LogP contribution in [0.25, 0.3) is 11.1 Å². The molecule has 0 amide bonds. The van der Waals surface area contributed by atoms with Gasteiger partial charge in [0.05, 0.1) is 7.11 Å². The number of hydrogen-bond donors (Lipinski definition) is 1. The van der Waals surface area contributed by atoms with E-state index in [1.165, 1.54) is 16.7 Å². The number of halogens is 1. The Kier molecular flexibility index (Phi) is 3.83. The third kappa shape index (κ3) is 2.75. The molecule has 1 saturated carbocycles. The topological polar surface area (TPSA) is 35.2 Å². The summed E-state index contributed by atoms with van der Waals surface area (Å²) in [5.41, 5.74) is 9.83. The van der Waals surface area contributed by atoms with Crippen molar-refractivity contribution in [2.75, 3.05) is 7.11 Å². The summed E-state index contributed by atoms with van der Waals surface area (Å²) >= 11 is 0. The lowest BCUT2D eigenvalue weighted by Crippen LogP contribution is -2.18. The minimum atomic E-state index is -0.0670. The third-order valence-corrected chi connectivity index (χ3v) is 3.65. The predicted molar refractivity (Wildman–Crippen MR) is 80.8 cm³/mol. The molecule has 1 aliphatic carbocycles. The molecule has 0 aliphatic heterocycles. The Morgan fingerprint density at radius 1 is 1.00 bits per heavy atom. The van der Waals surface area contributed by atoms with Crippen LogP contribution in [-0.4, -0.2) is 7.11 Å². The van der Waals surface area contributed by atoms with Crippen LogP contribution in [-0.2, 0) is 5.54 Å². The van der Waals surface area contributed by atoms with Gasteiger partial charge in [-0.2, -0.15) is 0 Å². The molecule has 0 aromatic heterocycles. The van der Waals surface area contributed by atoms with Crippen LogP contribution in [0.1, 0.15) is 18.4 Å². The zero-order chi connectivity index (χ0) is 12.6. The fourth-order valence-corrected chi connectivity index (χ4v) is 2.22. The second-order valence-electron chi connectivity index (χ2n) is 4.97. The van der Waals surface area contributed by atoms with E-state index in [1.807, 2.05) is 12.1 Å². The Hall–Kier alpha value is -1.51. The van der Waals surface area contributed by atoms with Crippen molar-refractivity contribution in [1.82, 2.24) is 0 Å². The van der Waals surface area contributed by atoms with Crippen molar-refractivity contribution in [3.05, 3.63) is 54.1 Å². The van der Waals surface area contributed by atoms with Gasteiger partial charge in [-0.1, -0.05) is 30.3 Å². The molecule has 0 spiro atoms. The van der Waals surface area contributed by atoms with Crippen LogP contribution in [0, 0.1) is 0 Å². The highest BCUT2D eigenvalue weighted by Gasteiger charge is 2.39. The molecule has 0 unspecified atom stereocenters. The van der Waals surface area contributed by atoms with E-state index in [-0.39, 0.29) is 17.9 Å². The molecule has 0 heterocycles. The summed E-state index contributed by atoms with van der Waals surface area (Å²) in [6.45, 7) is 0. The first-order valence-electron chi connectivity index (χ1n) is 6.25. The number of methoxy groups -OCH3 is 1. The molecular formula is C16H18ClNO. The second kappa shape index (κ2) is 5.24. The van der Waals surface area contributed by atoms with Gasteiger partial charge < -0.3 is 10.5 Å². The number of benzene rings is 2. The first kappa shape index (κ1) is 13.9. The SMILES string of the molecule is COc1ccc(-c2cccc(C3(N)CC3)c2)cc1.Cl. The number of hydrogen-bond acceptors (Lipinski definition) is 2. The molecule has 19 heavy (non-hydrogen) atoms. The van der Waals surface area contributed by atoms with E-state index in [0.717, 1.165) is 18.6 Å². The molecule has 1 fully saturated rings. The molecule has 0 atom stereocenters. The zero-order valence-electron chi connectivity index (χ0n) is 10.9. The lowest BCUT2D eigenvalue weighted by Gasteiger charge is -2.11. The Bertz CT molecular complexity index is 561. The van der Waals surface area contributed by atoms with Crippen molar-refractivity contribution < 1.29 is 4.74 Å². The van der Waals surface area contributed by atoms with Crippen molar-refractivity contribution in [2.24, 2.45) is 5.73 Å². The Labute approximate surface area is 120 Å². The summed E-state index contributed by atoms with van der Waals surface area (Å²) in [6.07, 6.45) is 2.19. The van der Waals surface area contributed by atoms with Gasteiger partial charge in [-0.05, 0) is 47.7 Å². The maximum atomic E-state index is 6.24. The van der Waals surface area contributed by atoms with Crippen LogP contribution in [0.15, 0.2) is 48.5 Å². The van der Waals surface area contributed by atoms with Crippen LogP contribution in [0.3, 0.4) is 0 Å². The van der Waals surface area contributed by atoms with Gasteiger partial charge in [0.1, 0.15) is 5.75 Å². The van der Waals surface area contributed by atoms with Crippen LogP contribution in [0.4, 0.5) is 0 Å². The van der Waals surface area contributed by atoms with Crippen LogP contribution in [0.2, 0.25) is 0 Å². The van der Waals surface area contributed by atoms with Gasteiger partial charge in [-0.25, -0.2) is 0 Å². The normalized spacial score (nSPS) is 15.5. The molecular weight excluding hydrogens is 258 g/mol. The van der Waals surface area contributed by atoms with E-state index in [1.54, 1.807) is 7.11 Å². The standard InChI is InChI=1S/C16H17NO.ClH/c1-18-15-7-5-12(6-8-15)13-3-2-4-14(11-13)16(17)9-10-16;/h2-8,11H,9-10,17H2,1H3;1H. The van der Waals surface area contributed by atoms with E-state index in [9.17, 15) is 0 Å². The molecule has 2 N–H and O–H groups in total. The Morgan fingerprint density at radius 3 is 2.26 bits per heavy atom. The molecule has 0 radical (unpaired) electrons. The highest BCUT2D eigenvalue weighted by atomic mass is 35.5. The predicted octanol–water partition coefficient (Wildman–Crippen LogP) is 3.73. The lowest BCUT2D eigenvalue weighted by atomic mass is 9.99. The smallest absolute Gasteiger partial charge is 0.118 e. The quantitative estimate of drug-likeness (QED) is 0.926. The largest absolute Gasteiger partial charge is 0.497 e. The van der Waals surface area contributed by atoms with Gasteiger partial charge in [0.25, 0.3) is 0 Å². The van der Waals surface area contributed by atoms with Crippen molar-refractivity contribution in [2.45, 2.75) is 18.4 Å². The maximum absolute atomic E-state index is 6.24. The molecule has 0 bridgehead atoms. The van der Waals surface area contributed by atoms with Crippen molar-refractivity contribution >= 4 is 12.4 Å². The number of ether oxygens (including phenoxy) is 1. The minimum Gasteiger partial charge on any atom is -0.497 e. The summed E-state index contributed by atoms with van der Waals surface area (Å²) in [5, 5.41) is 0. The average Bonchev–Trinajstić information content (AvgIpc) is 3.18. The zero-order valence-corrected chi connectivity index (χ0v) is 11.7. The van der Waals surface area contributed by atoms with Gasteiger partial charge in [0, 0.05) is 5.54 Å². The molecule has 1 aliphatic rings. The summed E-state index contributed by atoms with van der Waals surface area (Å²) in [7, 11) is 1.68. The van der Waals surface area contributed by atoms with E-state index < -0.39 is 0 Å². The molecule has 100 valence electrons. The van der Waals surface area contributed by atoms with Crippen molar-refractivity contribution in [3.8, 4) is 16.9 Å². The summed E-state index contributed by atoms with van der Waals surface area (Å²) in [4.78, 5) is 0. The number of nitrogens with two attached hydrogens (primary N) is 1. The van der Waals surface area contributed by atoms with E-state index >= 15 is 0 Å². The van der Waals surface area contributed by atoms with Crippen molar-refractivity contribution in [3.63, 3.8) is 0 Å². The highest BCUT2D eigenvalue weighted by molar-refractivity contribution is 5.85. The fourth-order valence-electron chi connectivity index (χ4n) is 2.22.